The van der Waals surface area contributed by atoms with Gasteiger partial charge in [-0.25, -0.2) is 0 Å². The topological polar surface area (TPSA) is 67.8 Å². The molecule has 0 aliphatic carbocycles. The van der Waals surface area contributed by atoms with Crippen molar-refractivity contribution >= 4 is 29.1 Å². The lowest BCUT2D eigenvalue weighted by Crippen LogP contribution is -2.47. The molecule has 3 rings (SSSR count). The molecule has 0 bridgehead atoms. The van der Waals surface area contributed by atoms with E-state index in [1.165, 1.54) is 0 Å². The van der Waals surface area contributed by atoms with Gasteiger partial charge < -0.3 is 24.1 Å². The van der Waals surface area contributed by atoms with Crippen molar-refractivity contribution in [3.63, 3.8) is 0 Å². The summed E-state index contributed by atoms with van der Waals surface area (Å²) < 4.78 is 16.0. The summed E-state index contributed by atoms with van der Waals surface area (Å²) in [4.78, 5) is 12.5. The summed E-state index contributed by atoms with van der Waals surface area (Å²) in [5.41, 5.74) is -0.706. The first-order chi connectivity index (χ1) is 15.0. The van der Waals surface area contributed by atoms with Crippen LogP contribution in [0.25, 0.3) is 0 Å². The Balaban J connectivity index is 2.38. The van der Waals surface area contributed by atoms with Crippen molar-refractivity contribution in [1.82, 2.24) is 0 Å². The molecule has 162 valence electrons. The summed E-state index contributed by atoms with van der Waals surface area (Å²) in [5, 5.41) is 15.3. The highest BCUT2D eigenvalue weighted by Gasteiger charge is 2.52. The van der Waals surface area contributed by atoms with Crippen LogP contribution in [-0.4, -0.2) is 33.0 Å². The highest BCUT2D eigenvalue weighted by Crippen LogP contribution is 2.61. The van der Waals surface area contributed by atoms with Gasteiger partial charge >= 0.3 is 0 Å². The van der Waals surface area contributed by atoms with Crippen LogP contribution in [0.1, 0.15) is 13.3 Å². The molecule has 1 atom stereocenters. The number of carbonyl (C=O) groups is 1. The highest BCUT2D eigenvalue weighted by atomic mass is 31.2. The molecule has 0 aromatic heterocycles. The zero-order valence-corrected chi connectivity index (χ0v) is 19.1. The Morgan fingerprint density at radius 1 is 0.710 bits per heavy atom. The van der Waals surface area contributed by atoms with E-state index < -0.39 is 18.9 Å². The molecule has 0 radical (unpaired) electrons. The van der Waals surface area contributed by atoms with Crippen molar-refractivity contribution < 1.29 is 24.1 Å². The maximum Gasteiger partial charge on any atom is 0.123 e. The first kappa shape index (κ1) is 22.6. The second-order valence-corrected chi connectivity index (χ2v) is 10.7. The third kappa shape index (κ3) is 4.24. The molecule has 0 N–H and O–H groups in total. The second kappa shape index (κ2) is 9.84. The largest absolute Gasteiger partial charge is 0.546 e. The van der Waals surface area contributed by atoms with Crippen LogP contribution in [0.4, 0.5) is 0 Å². The maximum atomic E-state index is 12.5. The summed E-state index contributed by atoms with van der Waals surface area (Å²) in [7, 11) is 2.20. The highest BCUT2D eigenvalue weighted by molar-refractivity contribution is 7.96. The molecule has 0 heterocycles. The van der Waals surface area contributed by atoms with Crippen molar-refractivity contribution in [3.8, 4) is 17.2 Å². The van der Waals surface area contributed by atoms with E-state index in [1.807, 2.05) is 79.7 Å². The zero-order chi connectivity index (χ0) is 22.4. The van der Waals surface area contributed by atoms with Crippen LogP contribution < -0.4 is 35.2 Å². The van der Waals surface area contributed by atoms with Crippen LogP contribution >= 0.6 is 7.26 Å². The minimum absolute atomic E-state index is 0.431. The molecule has 3 aromatic rings. The fourth-order valence-corrected chi connectivity index (χ4v) is 8.73. The van der Waals surface area contributed by atoms with Crippen LogP contribution in [0.2, 0.25) is 0 Å². The maximum absolute atomic E-state index is 12.5. The third-order valence-corrected chi connectivity index (χ3v) is 10.4. The van der Waals surface area contributed by atoms with Gasteiger partial charge in [0.15, 0.2) is 0 Å². The summed E-state index contributed by atoms with van der Waals surface area (Å²) in [6, 6.07) is 23.0. The van der Waals surface area contributed by atoms with Crippen LogP contribution in [0, 0.1) is 0 Å². The Labute approximate surface area is 183 Å². The molecule has 31 heavy (non-hydrogen) atoms. The van der Waals surface area contributed by atoms with Crippen LogP contribution in [0.3, 0.4) is 0 Å². The van der Waals surface area contributed by atoms with Gasteiger partial charge in [-0.15, -0.1) is 0 Å². The van der Waals surface area contributed by atoms with E-state index in [-0.39, 0.29) is 0 Å². The van der Waals surface area contributed by atoms with Crippen molar-refractivity contribution in [2.75, 3.05) is 21.3 Å². The number of carboxylic acid groups (broad SMARTS) is 1. The van der Waals surface area contributed by atoms with E-state index >= 15 is 0 Å². The molecule has 5 nitrogen and oxygen atoms in total. The summed E-state index contributed by atoms with van der Waals surface area (Å²) in [6.07, 6.45) is 0.431. The third-order valence-electron chi connectivity index (χ3n) is 5.57. The number of hydrogen-bond donors (Lipinski definition) is 0. The molecule has 0 saturated carbocycles. The van der Waals surface area contributed by atoms with Gasteiger partial charge in [0.25, 0.3) is 0 Å². The Kier molecular flexibility index (Phi) is 7.19. The quantitative estimate of drug-likeness (QED) is 0.481. The molecular formula is C25H27O5P. The van der Waals surface area contributed by atoms with Gasteiger partial charge in [-0.2, -0.15) is 0 Å². The molecule has 0 saturated heterocycles. The Bertz CT molecular complexity index is 882. The van der Waals surface area contributed by atoms with E-state index in [0.29, 0.717) is 23.7 Å². The molecule has 0 spiro atoms. The van der Waals surface area contributed by atoms with Gasteiger partial charge in [0.05, 0.1) is 27.3 Å². The predicted molar refractivity (Wildman–Crippen MR) is 124 cm³/mol. The van der Waals surface area contributed by atoms with Crippen LogP contribution in [0.15, 0.2) is 72.8 Å². The first-order valence-electron chi connectivity index (χ1n) is 10.0. The average molecular weight is 438 g/mol. The molecule has 3 aromatic carbocycles. The predicted octanol–water partition coefficient (Wildman–Crippen LogP) is 2.53. The molecule has 0 fully saturated rings. The summed E-state index contributed by atoms with van der Waals surface area (Å²) in [6.45, 7) is 1.89. The number of benzene rings is 3. The lowest BCUT2D eigenvalue weighted by Gasteiger charge is -2.35. The fraction of sp³-hybridized carbons (Fsp3) is 0.240. The fourth-order valence-electron chi connectivity index (χ4n) is 4.04. The standard InChI is InChI=1S/C25H27O5P/c1-5-24(25(26)27)31(21-12-6-18(28-2)7-13-21,22-14-8-19(29-3)9-15-22)23-16-10-20(30-4)11-17-23/h6-17,24H,5H2,1-4H3. The monoisotopic (exact) mass is 438 g/mol. The smallest absolute Gasteiger partial charge is 0.123 e. The number of hydrogen-bond acceptors (Lipinski definition) is 5. The van der Waals surface area contributed by atoms with E-state index in [1.54, 1.807) is 21.3 Å². The number of methoxy groups -OCH3 is 3. The molecule has 0 aliphatic heterocycles. The lowest BCUT2D eigenvalue weighted by molar-refractivity contribution is -0.305. The number of ether oxygens (including phenoxy) is 3. The van der Waals surface area contributed by atoms with Crippen molar-refractivity contribution in [3.05, 3.63) is 72.8 Å². The Morgan fingerprint density at radius 3 is 1.19 bits per heavy atom. The molecule has 1 unspecified atom stereocenters. The van der Waals surface area contributed by atoms with Crippen LogP contribution in [-0.2, 0) is 4.79 Å². The van der Waals surface area contributed by atoms with Gasteiger partial charge in [-0.1, -0.05) is 6.92 Å². The van der Waals surface area contributed by atoms with Gasteiger partial charge in [0, 0.05) is 0 Å². The van der Waals surface area contributed by atoms with Crippen molar-refractivity contribution in [2.45, 2.75) is 19.0 Å². The van der Waals surface area contributed by atoms with E-state index in [9.17, 15) is 9.90 Å². The minimum Gasteiger partial charge on any atom is -0.546 e. The number of carbonyl (C=O) groups excluding carboxylic acids is 1. The molecule has 0 amide bonds. The van der Waals surface area contributed by atoms with Crippen LogP contribution in [0.5, 0.6) is 17.2 Å². The van der Waals surface area contributed by atoms with Gasteiger partial charge in [0.2, 0.25) is 0 Å². The average Bonchev–Trinajstić information content (AvgIpc) is 2.82. The zero-order valence-electron chi connectivity index (χ0n) is 18.2. The van der Waals surface area contributed by atoms with Gasteiger partial charge in [0.1, 0.15) is 46.1 Å². The minimum atomic E-state index is -2.64. The second-order valence-electron chi connectivity index (χ2n) is 7.06. The normalized spacial score (nSPS) is 12.1. The first-order valence-corrected chi connectivity index (χ1v) is 11.9. The number of rotatable bonds is 9. The Morgan fingerprint density at radius 2 is 1.00 bits per heavy atom. The van der Waals surface area contributed by atoms with Gasteiger partial charge in [-0.05, 0) is 79.2 Å². The SMILES string of the molecule is CCC(C(=O)[O-])[P+](c1ccc(OC)cc1)(c1ccc(OC)cc1)c1ccc(OC)cc1. The Hall–Kier alpha value is -3.04. The molecule has 6 heteroatoms. The van der Waals surface area contributed by atoms with E-state index in [4.69, 9.17) is 14.2 Å². The van der Waals surface area contributed by atoms with E-state index in [0.717, 1.165) is 15.9 Å². The number of carboxylic acids is 1. The van der Waals surface area contributed by atoms with Crippen molar-refractivity contribution in [1.29, 1.82) is 0 Å². The van der Waals surface area contributed by atoms with Crippen molar-refractivity contribution in [2.24, 2.45) is 0 Å². The summed E-state index contributed by atoms with van der Waals surface area (Å²) >= 11 is 0. The van der Waals surface area contributed by atoms with E-state index in [2.05, 4.69) is 0 Å². The number of aliphatic carboxylic acids is 1. The summed E-state index contributed by atoms with van der Waals surface area (Å²) in [5.74, 6) is 1.09. The lowest BCUT2D eigenvalue weighted by atomic mass is 10.3. The molecule has 0 aliphatic rings. The van der Waals surface area contributed by atoms with Gasteiger partial charge in [-0.3, -0.25) is 0 Å². The molecular weight excluding hydrogens is 411 g/mol.